The molecule has 4 heteroatoms. The highest BCUT2D eigenvalue weighted by Crippen LogP contribution is 2.24. The van der Waals surface area contributed by atoms with E-state index >= 15 is 0 Å². The van der Waals surface area contributed by atoms with Crippen LogP contribution in [0.3, 0.4) is 0 Å². The van der Waals surface area contributed by atoms with Crippen molar-refractivity contribution in [2.45, 2.75) is 19.3 Å². The summed E-state index contributed by atoms with van der Waals surface area (Å²) < 4.78 is 13.2. The number of Topliss-reactive ketones (excluding diaryl/α,β-unsaturated/α-hetero) is 1. The third-order valence-corrected chi connectivity index (χ3v) is 2.60. The van der Waals surface area contributed by atoms with Gasteiger partial charge in [0.1, 0.15) is 11.6 Å². The van der Waals surface area contributed by atoms with Crippen LogP contribution in [0.4, 0.5) is 4.39 Å². The van der Waals surface area contributed by atoms with Crippen LogP contribution in [0.5, 0.6) is 0 Å². The Labute approximate surface area is 95.8 Å². The molecule has 1 unspecified atom stereocenters. The molecule has 0 radical (unpaired) electrons. The molecule has 1 aromatic rings. The normalized spacial score (nSPS) is 11.9. The third-order valence-electron chi connectivity index (χ3n) is 1.99. The lowest BCUT2D eigenvalue weighted by Gasteiger charge is -2.07. The van der Waals surface area contributed by atoms with Crippen LogP contribution < -0.4 is 0 Å². The van der Waals surface area contributed by atoms with E-state index in [0.29, 0.717) is 10.0 Å². The van der Waals surface area contributed by atoms with Gasteiger partial charge in [0, 0.05) is 6.42 Å². The van der Waals surface area contributed by atoms with Gasteiger partial charge in [0.05, 0.1) is 16.5 Å². The number of hydrogen-bond donors (Lipinski definition) is 0. The van der Waals surface area contributed by atoms with Crippen LogP contribution in [0.2, 0.25) is 0 Å². The van der Waals surface area contributed by atoms with Crippen molar-refractivity contribution in [3.63, 3.8) is 0 Å². The number of hydrogen-bond acceptors (Lipinski definition) is 2. The van der Waals surface area contributed by atoms with E-state index in [4.69, 9.17) is 5.26 Å². The quantitative estimate of drug-likeness (QED) is 0.846. The molecule has 2 nitrogen and oxygen atoms in total. The summed E-state index contributed by atoms with van der Waals surface area (Å²) in [7, 11) is 0. The molecule has 0 fully saturated rings. The Kier molecular flexibility index (Phi) is 3.98. The lowest BCUT2D eigenvalue weighted by Crippen LogP contribution is -2.02. The Bertz CT molecular complexity index is 425. The van der Waals surface area contributed by atoms with Gasteiger partial charge in [0.25, 0.3) is 0 Å². The van der Waals surface area contributed by atoms with Gasteiger partial charge in [-0.25, -0.2) is 4.39 Å². The molecule has 1 rings (SSSR count). The molecule has 0 saturated carbocycles. The van der Waals surface area contributed by atoms with Crippen molar-refractivity contribution < 1.29 is 9.18 Å². The fourth-order valence-electron chi connectivity index (χ4n) is 1.25. The van der Waals surface area contributed by atoms with Gasteiger partial charge in [-0.05, 0) is 40.5 Å². The number of carbonyl (C=O) groups excluding carboxylic acids is 1. The van der Waals surface area contributed by atoms with Crippen molar-refractivity contribution in [3.05, 3.63) is 34.1 Å². The first-order chi connectivity index (χ1) is 7.04. The summed E-state index contributed by atoms with van der Waals surface area (Å²) in [5.74, 6) is -0.931. The van der Waals surface area contributed by atoms with Crippen molar-refractivity contribution in [1.29, 1.82) is 5.26 Å². The van der Waals surface area contributed by atoms with E-state index in [-0.39, 0.29) is 18.0 Å². The van der Waals surface area contributed by atoms with Crippen LogP contribution in [0.1, 0.15) is 24.8 Å². The highest BCUT2D eigenvalue weighted by Gasteiger charge is 2.14. The van der Waals surface area contributed by atoms with Crippen LogP contribution in [0.15, 0.2) is 22.7 Å². The summed E-state index contributed by atoms with van der Waals surface area (Å²) in [6, 6.07) is 6.37. The maximum Gasteiger partial charge on any atom is 0.137 e. The zero-order valence-corrected chi connectivity index (χ0v) is 9.71. The topological polar surface area (TPSA) is 40.9 Å². The van der Waals surface area contributed by atoms with Crippen LogP contribution in [-0.4, -0.2) is 5.78 Å². The third kappa shape index (κ3) is 3.14. The van der Waals surface area contributed by atoms with Crippen LogP contribution in [0.25, 0.3) is 0 Å². The molecule has 78 valence electrons. The minimum Gasteiger partial charge on any atom is -0.300 e. The lowest BCUT2D eigenvalue weighted by molar-refractivity contribution is -0.117. The van der Waals surface area contributed by atoms with E-state index in [0.717, 1.165) is 0 Å². The van der Waals surface area contributed by atoms with Crippen molar-refractivity contribution in [3.8, 4) is 6.07 Å². The van der Waals surface area contributed by atoms with Crippen molar-refractivity contribution >= 4 is 21.7 Å². The summed E-state index contributed by atoms with van der Waals surface area (Å²) in [6.07, 6.45) is 0.161. The fraction of sp³-hybridized carbons (Fsp3) is 0.273. The molecule has 1 atom stereocenters. The Morgan fingerprint density at radius 3 is 2.80 bits per heavy atom. The number of ketones is 1. The lowest BCUT2D eigenvalue weighted by atomic mass is 9.96. The first-order valence-corrected chi connectivity index (χ1v) is 5.18. The van der Waals surface area contributed by atoms with Gasteiger partial charge in [-0.3, -0.25) is 4.79 Å². The van der Waals surface area contributed by atoms with Crippen molar-refractivity contribution in [1.82, 2.24) is 0 Å². The molecule has 15 heavy (non-hydrogen) atoms. The number of nitriles is 1. The molecule has 0 spiro atoms. The maximum atomic E-state index is 12.9. The first-order valence-electron chi connectivity index (χ1n) is 4.38. The van der Waals surface area contributed by atoms with Gasteiger partial charge < -0.3 is 0 Å². The summed E-state index contributed by atoms with van der Waals surface area (Å²) in [4.78, 5) is 10.9. The van der Waals surface area contributed by atoms with Gasteiger partial charge in [0.15, 0.2) is 0 Å². The molecule has 0 heterocycles. The number of rotatable bonds is 3. The molecule has 0 aliphatic rings. The SMILES string of the molecule is CC(=O)CC(C#N)c1ccc(F)c(Br)c1. The summed E-state index contributed by atoms with van der Waals surface area (Å²) in [6.45, 7) is 1.43. The van der Waals surface area contributed by atoms with E-state index in [2.05, 4.69) is 15.9 Å². The van der Waals surface area contributed by atoms with E-state index in [9.17, 15) is 9.18 Å². The summed E-state index contributed by atoms with van der Waals surface area (Å²) in [5.41, 5.74) is 0.654. The van der Waals surface area contributed by atoms with E-state index in [1.165, 1.54) is 25.1 Å². The summed E-state index contributed by atoms with van der Waals surface area (Å²) in [5, 5.41) is 8.88. The predicted molar refractivity (Wildman–Crippen MR) is 57.8 cm³/mol. The molecule has 0 aliphatic heterocycles. The second-order valence-electron chi connectivity index (χ2n) is 3.26. The minimum atomic E-state index is -0.501. The van der Waals surface area contributed by atoms with Gasteiger partial charge in [0.2, 0.25) is 0 Å². The highest BCUT2D eigenvalue weighted by atomic mass is 79.9. The Morgan fingerprint density at radius 2 is 2.33 bits per heavy atom. The first kappa shape index (κ1) is 11.9. The smallest absolute Gasteiger partial charge is 0.137 e. The van der Waals surface area contributed by atoms with Crippen molar-refractivity contribution in [2.75, 3.05) is 0 Å². The number of carbonyl (C=O) groups is 1. The average Bonchev–Trinajstić information content (AvgIpc) is 2.18. The molecule has 0 saturated heterocycles. The fourth-order valence-corrected chi connectivity index (χ4v) is 1.65. The standard InChI is InChI=1S/C11H9BrFNO/c1-7(15)4-9(6-14)8-2-3-11(13)10(12)5-8/h2-3,5,9H,4H2,1H3. The summed E-state index contributed by atoms with van der Waals surface area (Å²) >= 11 is 3.04. The molecule has 0 amide bonds. The molecule has 1 aromatic carbocycles. The van der Waals surface area contributed by atoms with Gasteiger partial charge >= 0.3 is 0 Å². The zero-order valence-electron chi connectivity index (χ0n) is 8.13. The van der Waals surface area contributed by atoms with E-state index < -0.39 is 5.92 Å². The molecule has 0 aliphatic carbocycles. The zero-order chi connectivity index (χ0) is 11.4. The van der Waals surface area contributed by atoms with Crippen molar-refractivity contribution in [2.24, 2.45) is 0 Å². The number of nitrogens with zero attached hydrogens (tertiary/aromatic N) is 1. The number of benzene rings is 1. The van der Waals surface area contributed by atoms with E-state index in [1.54, 1.807) is 0 Å². The number of halogens is 2. The monoisotopic (exact) mass is 269 g/mol. The predicted octanol–water partition coefficient (Wildman–Crippen LogP) is 3.17. The minimum absolute atomic E-state index is 0.0537. The molecular weight excluding hydrogens is 261 g/mol. The Hall–Kier alpha value is -1.21. The van der Waals surface area contributed by atoms with Gasteiger partial charge in [-0.15, -0.1) is 0 Å². The van der Waals surface area contributed by atoms with Crippen LogP contribution in [-0.2, 0) is 4.79 Å². The molecule has 0 N–H and O–H groups in total. The maximum absolute atomic E-state index is 12.9. The molecule has 0 bridgehead atoms. The Balaban J connectivity index is 2.98. The van der Waals surface area contributed by atoms with E-state index in [1.807, 2.05) is 6.07 Å². The van der Waals surface area contributed by atoms with Gasteiger partial charge in [-0.1, -0.05) is 6.07 Å². The second-order valence-corrected chi connectivity index (χ2v) is 4.12. The molecular formula is C11H9BrFNO. The van der Waals surface area contributed by atoms with Crippen LogP contribution in [0, 0.1) is 17.1 Å². The van der Waals surface area contributed by atoms with Crippen LogP contribution >= 0.6 is 15.9 Å². The largest absolute Gasteiger partial charge is 0.300 e. The average molecular weight is 270 g/mol. The van der Waals surface area contributed by atoms with Gasteiger partial charge in [-0.2, -0.15) is 5.26 Å². The second kappa shape index (κ2) is 5.04. The molecule has 0 aromatic heterocycles. The Morgan fingerprint density at radius 1 is 1.67 bits per heavy atom. The highest BCUT2D eigenvalue weighted by molar-refractivity contribution is 9.10.